The minimum absolute atomic E-state index is 0. The molecule has 0 saturated carbocycles. The van der Waals surface area contributed by atoms with Crippen LogP contribution in [0.1, 0.15) is 61.9 Å². The van der Waals surface area contributed by atoms with Gasteiger partial charge in [-0.25, -0.2) is 4.98 Å². The lowest BCUT2D eigenvalue weighted by Gasteiger charge is -2.32. The number of rotatable bonds is 4. The van der Waals surface area contributed by atoms with E-state index in [2.05, 4.69) is 15.3 Å². The van der Waals surface area contributed by atoms with Crippen LogP contribution in [0, 0.1) is 12.8 Å². The number of carbonyl (C=O) groups is 1. The number of hydrogen-bond donors (Lipinski definition) is 2. The number of halogens is 1. The number of aromatic amines is 1. The van der Waals surface area contributed by atoms with Crippen molar-refractivity contribution in [1.82, 2.24) is 20.2 Å². The van der Waals surface area contributed by atoms with Gasteiger partial charge in [-0.15, -0.1) is 12.4 Å². The minimum atomic E-state index is -0.324. The predicted octanol–water partition coefficient (Wildman–Crippen LogP) is 2.26. The molecule has 0 unspecified atom stereocenters. The largest absolute Gasteiger partial charge is 0.338 e. The first kappa shape index (κ1) is 21.6. The second-order valence-corrected chi connectivity index (χ2v) is 7.75. The van der Waals surface area contributed by atoms with Crippen molar-refractivity contribution in [1.29, 1.82) is 0 Å². The molecule has 1 aliphatic rings. The van der Waals surface area contributed by atoms with Crippen LogP contribution in [0.2, 0.25) is 0 Å². The maximum atomic E-state index is 12.8. The Morgan fingerprint density at radius 3 is 2.40 bits per heavy atom. The third-order valence-electron chi connectivity index (χ3n) is 4.73. The zero-order chi connectivity index (χ0) is 17.9. The Hall–Kier alpha value is -1.40. The highest BCUT2D eigenvalue weighted by Crippen LogP contribution is 2.22. The molecule has 0 spiro atoms. The number of hydrogen-bond acceptors (Lipinski definition) is 4. The number of carbonyl (C=O) groups excluding carboxylic acids is 1. The van der Waals surface area contributed by atoms with Gasteiger partial charge >= 0.3 is 0 Å². The first-order valence-corrected chi connectivity index (χ1v) is 8.79. The average Bonchev–Trinajstić information content (AvgIpc) is 2.51. The normalized spacial score (nSPS) is 15.8. The highest BCUT2D eigenvalue weighted by molar-refractivity contribution is 5.94. The Balaban J connectivity index is 0.00000312. The number of nitrogens with zero attached hydrogens (tertiary/aromatic N) is 2. The van der Waals surface area contributed by atoms with Crippen molar-refractivity contribution < 1.29 is 4.79 Å². The molecule has 0 aromatic carbocycles. The fourth-order valence-corrected chi connectivity index (χ4v) is 3.12. The summed E-state index contributed by atoms with van der Waals surface area (Å²) >= 11 is 0. The highest BCUT2D eigenvalue weighted by atomic mass is 35.5. The van der Waals surface area contributed by atoms with Gasteiger partial charge in [0, 0.05) is 18.5 Å². The standard InChI is InChI=1S/C18H30N4O2.ClH/c1-12-14(15(23)21-17(20-12)18(2,3)4)16(24)22-10-7-13(8-11-22)6-9-19-5;/h13,19H,6-11H2,1-5H3,(H,20,21,23);1H. The van der Waals surface area contributed by atoms with Gasteiger partial charge in [-0.2, -0.15) is 0 Å². The average molecular weight is 371 g/mol. The van der Waals surface area contributed by atoms with E-state index in [0.717, 1.165) is 25.8 Å². The van der Waals surface area contributed by atoms with E-state index in [4.69, 9.17) is 0 Å². The third-order valence-corrected chi connectivity index (χ3v) is 4.73. The zero-order valence-electron chi connectivity index (χ0n) is 15.9. The quantitative estimate of drug-likeness (QED) is 0.852. The Kier molecular flexibility index (Phi) is 7.62. The summed E-state index contributed by atoms with van der Waals surface area (Å²) in [6, 6.07) is 0. The summed E-state index contributed by atoms with van der Waals surface area (Å²) in [5.74, 6) is 1.09. The lowest BCUT2D eigenvalue weighted by molar-refractivity contribution is 0.0683. The van der Waals surface area contributed by atoms with Gasteiger partial charge in [0.1, 0.15) is 11.4 Å². The van der Waals surface area contributed by atoms with Crippen molar-refractivity contribution in [3.8, 4) is 0 Å². The molecule has 1 saturated heterocycles. The minimum Gasteiger partial charge on any atom is -0.338 e. The molecule has 0 radical (unpaired) electrons. The van der Waals surface area contributed by atoms with Crippen LogP contribution in [0.4, 0.5) is 0 Å². The molecule has 1 aliphatic heterocycles. The second-order valence-electron chi connectivity index (χ2n) is 7.75. The Bertz CT molecular complexity index is 643. The first-order chi connectivity index (χ1) is 11.2. The number of aromatic nitrogens is 2. The van der Waals surface area contributed by atoms with Crippen molar-refractivity contribution >= 4 is 18.3 Å². The van der Waals surface area contributed by atoms with E-state index in [-0.39, 0.29) is 34.9 Å². The lowest BCUT2D eigenvalue weighted by atomic mass is 9.93. The van der Waals surface area contributed by atoms with Crippen LogP contribution in [0.5, 0.6) is 0 Å². The van der Waals surface area contributed by atoms with E-state index in [1.54, 1.807) is 11.8 Å². The molecule has 2 N–H and O–H groups in total. The number of aryl methyl sites for hydroxylation is 1. The van der Waals surface area contributed by atoms with Crippen molar-refractivity contribution in [2.75, 3.05) is 26.7 Å². The third kappa shape index (κ3) is 5.28. The summed E-state index contributed by atoms with van der Waals surface area (Å²) in [5.41, 5.74) is 0.134. The fourth-order valence-electron chi connectivity index (χ4n) is 3.12. The zero-order valence-corrected chi connectivity index (χ0v) is 16.8. The molecule has 0 aliphatic carbocycles. The van der Waals surface area contributed by atoms with Crippen molar-refractivity contribution in [2.45, 2.75) is 52.4 Å². The van der Waals surface area contributed by atoms with Crippen molar-refractivity contribution in [3.05, 3.63) is 27.4 Å². The predicted molar refractivity (Wildman–Crippen MR) is 103 cm³/mol. The van der Waals surface area contributed by atoms with Gasteiger partial charge in [-0.05, 0) is 45.7 Å². The summed E-state index contributed by atoms with van der Waals surface area (Å²) in [7, 11) is 1.96. The van der Waals surface area contributed by atoms with Crippen molar-refractivity contribution in [3.63, 3.8) is 0 Å². The number of amides is 1. The molecule has 142 valence electrons. The highest BCUT2D eigenvalue weighted by Gasteiger charge is 2.28. The SMILES string of the molecule is CNCCC1CCN(C(=O)c2c(C)nc(C(C)(C)C)[nH]c2=O)CC1.Cl. The van der Waals surface area contributed by atoms with Gasteiger partial charge < -0.3 is 15.2 Å². The molecule has 1 fully saturated rings. The number of piperidine rings is 1. The molecule has 1 aromatic heterocycles. The topological polar surface area (TPSA) is 78.1 Å². The molecule has 6 nitrogen and oxygen atoms in total. The molecule has 2 rings (SSSR count). The Morgan fingerprint density at radius 2 is 1.92 bits per heavy atom. The monoisotopic (exact) mass is 370 g/mol. The summed E-state index contributed by atoms with van der Waals surface area (Å²) in [5, 5.41) is 3.17. The number of H-pyrrole nitrogens is 1. The summed E-state index contributed by atoms with van der Waals surface area (Å²) in [6.45, 7) is 10.2. The second kappa shape index (κ2) is 8.81. The van der Waals surface area contributed by atoms with Crippen LogP contribution >= 0.6 is 12.4 Å². The molecule has 1 aromatic rings. The van der Waals surface area contributed by atoms with E-state index in [1.165, 1.54) is 0 Å². The Labute approximate surface area is 156 Å². The van der Waals surface area contributed by atoms with Crippen LogP contribution in [0.3, 0.4) is 0 Å². The number of likely N-dealkylation sites (tertiary alicyclic amines) is 1. The summed E-state index contributed by atoms with van der Waals surface area (Å²) in [4.78, 5) is 34.3. The maximum absolute atomic E-state index is 12.8. The van der Waals surface area contributed by atoms with Gasteiger partial charge in [0.05, 0.1) is 5.69 Å². The van der Waals surface area contributed by atoms with E-state index in [0.29, 0.717) is 30.5 Å². The maximum Gasteiger partial charge on any atom is 0.264 e. The molecule has 0 atom stereocenters. The lowest BCUT2D eigenvalue weighted by Crippen LogP contribution is -2.42. The summed E-state index contributed by atoms with van der Waals surface area (Å²) in [6.07, 6.45) is 3.13. The van der Waals surface area contributed by atoms with Crippen LogP contribution in [0.15, 0.2) is 4.79 Å². The van der Waals surface area contributed by atoms with Crippen LogP contribution in [-0.4, -0.2) is 47.5 Å². The van der Waals surface area contributed by atoms with E-state index in [9.17, 15) is 9.59 Å². The van der Waals surface area contributed by atoms with E-state index >= 15 is 0 Å². The molecule has 0 bridgehead atoms. The molecule has 7 heteroatoms. The summed E-state index contributed by atoms with van der Waals surface area (Å²) < 4.78 is 0. The molecular weight excluding hydrogens is 340 g/mol. The molecule has 2 heterocycles. The molecule has 25 heavy (non-hydrogen) atoms. The molecular formula is C18H31ClN4O2. The molecule has 1 amide bonds. The number of nitrogens with one attached hydrogen (secondary N) is 2. The van der Waals surface area contributed by atoms with Gasteiger partial charge in [-0.3, -0.25) is 9.59 Å². The van der Waals surface area contributed by atoms with Crippen molar-refractivity contribution in [2.24, 2.45) is 5.92 Å². The van der Waals surface area contributed by atoms with Gasteiger partial charge in [0.2, 0.25) is 0 Å². The van der Waals surface area contributed by atoms with Crippen LogP contribution in [0.25, 0.3) is 0 Å². The van der Waals surface area contributed by atoms with Crippen LogP contribution < -0.4 is 10.9 Å². The van der Waals surface area contributed by atoms with Crippen LogP contribution in [-0.2, 0) is 5.41 Å². The van der Waals surface area contributed by atoms with E-state index < -0.39 is 0 Å². The van der Waals surface area contributed by atoms with Gasteiger partial charge in [0.15, 0.2) is 0 Å². The Morgan fingerprint density at radius 1 is 1.32 bits per heavy atom. The smallest absolute Gasteiger partial charge is 0.264 e. The van der Waals surface area contributed by atoms with Gasteiger partial charge in [0.25, 0.3) is 11.5 Å². The fraction of sp³-hybridized carbons (Fsp3) is 0.722. The first-order valence-electron chi connectivity index (χ1n) is 8.79. The van der Waals surface area contributed by atoms with Gasteiger partial charge in [-0.1, -0.05) is 20.8 Å². The van der Waals surface area contributed by atoms with E-state index in [1.807, 2.05) is 27.8 Å².